The third-order valence-corrected chi connectivity index (χ3v) is 5.07. The molecule has 2 saturated carbocycles. The Kier molecular flexibility index (Phi) is 6.50. The van der Waals surface area contributed by atoms with Crippen LogP contribution in [0.1, 0.15) is 70.6 Å². The zero-order chi connectivity index (χ0) is 12.6. The van der Waals surface area contributed by atoms with Crippen LogP contribution in [0.5, 0.6) is 0 Å². The Morgan fingerprint density at radius 2 is 1.56 bits per heavy atom. The summed E-state index contributed by atoms with van der Waals surface area (Å²) in [6.07, 6.45) is 15.2. The normalized spacial score (nSPS) is 30.5. The Bertz CT molecular complexity index is 213. The summed E-state index contributed by atoms with van der Waals surface area (Å²) in [6.45, 7) is 1.45. The van der Waals surface area contributed by atoms with E-state index in [-0.39, 0.29) is 0 Å². The van der Waals surface area contributed by atoms with Gasteiger partial charge in [0.2, 0.25) is 0 Å². The van der Waals surface area contributed by atoms with Crippen molar-refractivity contribution < 1.29 is 5.11 Å². The Balaban J connectivity index is 1.77. The van der Waals surface area contributed by atoms with Gasteiger partial charge in [-0.25, -0.2) is 0 Å². The molecule has 2 aliphatic rings. The largest absolute Gasteiger partial charge is 0.396 e. The van der Waals surface area contributed by atoms with E-state index in [1.54, 1.807) is 0 Å². The standard InChI is InChI=1S/C16H31NO/c18-13-7-6-12-17-16-11-5-4-10-15(16)14-8-2-1-3-9-14/h14-18H,1-13H2. The summed E-state index contributed by atoms with van der Waals surface area (Å²) in [6, 6.07) is 0.778. The molecule has 0 aliphatic heterocycles. The van der Waals surface area contributed by atoms with Crippen LogP contribution in [0.25, 0.3) is 0 Å². The lowest BCUT2D eigenvalue weighted by atomic mass is 9.71. The van der Waals surface area contributed by atoms with E-state index in [0.29, 0.717) is 6.61 Å². The van der Waals surface area contributed by atoms with Gasteiger partial charge >= 0.3 is 0 Å². The van der Waals surface area contributed by atoms with Gasteiger partial charge in [0, 0.05) is 12.6 Å². The zero-order valence-corrected chi connectivity index (χ0v) is 11.9. The Morgan fingerprint density at radius 3 is 2.33 bits per heavy atom. The maximum absolute atomic E-state index is 8.83. The molecule has 0 aromatic carbocycles. The van der Waals surface area contributed by atoms with E-state index in [1.165, 1.54) is 57.8 Å². The highest BCUT2D eigenvalue weighted by molar-refractivity contribution is 4.86. The molecule has 2 rings (SSSR count). The minimum absolute atomic E-state index is 0.346. The molecule has 0 aromatic heterocycles. The van der Waals surface area contributed by atoms with Gasteiger partial charge in [-0.1, -0.05) is 44.9 Å². The Labute approximate surface area is 113 Å². The van der Waals surface area contributed by atoms with Crippen molar-refractivity contribution in [2.24, 2.45) is 11.8 Å². The van der Waals surface area contributed by atoms with Gasteiger partial charge in [0.05, 0.1) is 0 Å². The monoisotopic (exact) mass is 253 g/mol. The highest BCUT2D eigenvalue weighted by atomic mass is 16.2. The van der Waals surface area contributed by atoms with E-state index in [4.69, 9.17) is 5.11 Å². The van der Waals surface area contributed by atoms with E-state index in [9.17, 15) is 0 Å². The van der Waals surface area contributed by atoms with E-state index < -0.39 is 0 Å². The summed E-state index contributed by atoms with van der Waals surface area (Å²) >= 11 is 0. The fourth-order valence-corrected chi connectivity index (χ4v) is 4.06. The molecule has 2 unspecified atom stereocenters. The predicted octanol–water partition coefficient (Wildman–Crippen LogP) is 3.49. The summed E-state index contributed by atoms with van der Waals surface area (Å²) in [5.74, 6) is 1.96. The number of hydrogen-bond donors (Lipinski definition) is 2. The van der Waals surface area contributed by atoms with Gasteiger partial charge in [0.1, 0.15) is 0 Å². The Morgan fingerprint density at radius 1 is 0.833 bits per heavy atom. The van der Waals surface area contributed by atoms with Gasteiger partial charge in [0.15, 0.2) is 0 Å². The van der Waals surface area contributed by atoms with E-state index in [1.807, 2.05) is 0 Å². The van der Waals surface area contributed by atoms with Gasteiger partial charge in [-0.05, 0) is 44.1 Å². The molecule has 2 nitrogen and oxygen atoms in total. The molecular formula is C16H31NO. The molecule has 2 atom stereocenters. The van der Waals surface area contributed by atoms with Gasteiger partial charge in [-0.15, -0.1) is 0 Å². The van der Waals surface area contributed by atoms with Gasteiger partial charge in [-0.2, -0.15) is 0 Å². The lowest BCUT2D eigenvalue weighted by molar-refractivity contribution is 0.149. The first kappa shape index (κ1) is 14.3. The number of aliphatic hydroxyl groups is 1. The van der Waals surface area contributed by atoms with Crippen LogP contribution in [0, 0.1) is 11.8 Å². The number of hydrogen-bond acceptors (Lipinski definition) is 2. The first-order chi connectivity index (χ1) is 8.92. The highest BCUT2D eigenvalue weighted by Gasteiger charge is 2.31. The molecule has 0 aromatic rings. The van der Waals surface area contributed by atoms with Crippen LogP contribution in [0.15, 0.2) is 0 Å². The molecule has 2 aliphatic carbocycles. The summed E-state index contributed by atoms with van der Waals surface area (Å²) in [4.78, 5) is 0. The van der Waals surface area contributed by atoms with Gasteiger partial charge in [-0.3, -0.25) is 0 Å². The molecule has 0 bridgehead atoms. The molecular weight excluding hydrogens is 222 g/mol. The number of nitrogens with one attached hydrogen (secondary N) is 1. The molecule has 2 fully saturated rings. The minimum atomic E-state index is 0.346. The second-order valence-electron chi connectivity index (χ2n) is 6.34. The maximum atomic E-state index is 8.83. The quantitative estimate of drug-likeness (QED) is 0.710. The molecule has 0 saturated heterocycles. The van der Waals surface area contributed by atoms with Crippen molar-refractivity contribution in [2.45, 2.75) is 76.7 Å². The lowest BCUT2D eigenvalue weighted by Crippen LogP contribution is -2.42. The first-order valence-electron chi connectivity index (χ1n) is 8.26. The van der Waals surface area contributed by atoms with Crippen molar-refractivity contribution in [2.75, 3.05) is 13.2 Å². The smallest absolute Gasteiger partial charge is 0.0431 e. The first-order valence-corrected chi connectivity index (χ1v) is 8.26. The zero-order valence-electron chi connectivity index (χ0n) is 11.9. The SMILES string of the molecule is OCCCCNC1CCCCC1C1CCCCC1. The molecule has 2 N–H and O–H groups in total. The molecule has 0 heterocycles. The minimum Gasteiger partial charge on any atom is -0.396 e. The molecule has 0 spiro atoms. The van der Waals surface area contributed by atoms with Crippen molar-refractivity contribution in [1.29, 1.82) is 0 Å². The van der Waals surface area contributed by atoms with E-state index >= 15 is 0 Å². The summed E-state index contributed by atoms with van der Waals surface area (Å²) in [5.41, 5.74) is 0. The molecule has 18 heavy (non-hydrogen) atoms. The van der Waals surface area contributed by atoms with Crippen LogP contribution >= 0.6 is 0 Å². The van der Waals surface area contributed by atoms with Crippen LogP contribution in [0.3, 0.4) is 0 Å². The van der Waals surface area contributed by atoms with Crippen LogP contribution in [0.2, 0.25) is 0 Å². The van der Waals surface area contributed by atoms with Crippen LogP contribution in [0.4, 0.5) is 0 Å². The fourth-order valence-electron chi connectivity index (χ4n) is 4.06. The van der Waals surface area contributed by atoms with Crippen molar-refractivity contribution in [3.05, 3.63) is 0 Å². The molecule has 0 radical (unpaired) electrons. The van der Waals surface area contributed by atoms with Crippen molar-refractivity contribution >= 4 is 0 Å². The predicted molar refractivity (Wildman–Crippen MR) is 76.6 cm³/mol. The van der Waals surface area contributed by atoms with Crippen LogP contribution < -0.4 is 5.32 Å². The third-order valence-electron chi connectivity index (χ3n) is 5.07. The van der Waals surface area contributed by atoms with Gasteiger partial charge in [0.25, 0.3) is 0 Å². The van der Waals surface area contributed by atoms with Crippen molar-refractivity contribution in [3.8, 4) is 0 Å². The average Bonchev–Trinajstić information content (AvgIpc) is 2.45. The highest BCUT2D eigenvalue weighted by Crippen LogP contribution is 2.38. The molecule has 2 heteroatoms. The summed E-state index contributed by atoms with van der Waals surface area (Å²) < 4.78 is 0. The number of rotatable bonds is 6. The van der Waals surface area contributed by atoms with Gasteiger partial charge < -0.3 is 10.4 Å². The Hall–Kier alpha value is -0.0800. The summed E-state index contributed by atoms with van der Waals surface area (Å²) in [5, 5.41) is 12.6. The van der Waals surface area contributed by atoms with E-state index in [2.05, 4.69) is 5.32 Å². The van der Waals surface area contributed by atoms with Crippen LogP contribution in [-0.4, -0.2) is 24.3 Å². The van der Waals surface area contributed by atoms with Crippen molar-refractivity contribution in [1.82, 2.24) is 5.32 Å². The molecule has 0 amide bonds. The lowest BCUT2D eigenvalue weighted by Gasteiger charge is -2.39. The van der Waals surface area contributed by atoms with Crippen molar-refractivity contribution in [3.63, 3.8) is 0 Å². The number of aliphatic hydroxyl groups excluding tert-OH is 1. The maximum Gasteiger partial charge on any atom is 0.0431 e. The second kappa shape index (κ2) is 8.16. The average molecular weight is 253 g/mol. The summed E-state index contributed by atoms with van der Waals surface area (Å²) in [7, 11) is 0. The van der Waals surface area contributed by atoms with Crippen LogP contribution in [-0.2, 0) is 0 Å². The fraction of sp³-hybridized carbons (Fsp3) is 1.00. The third kappa shape index (κ3) is 4.24. The topological polar surface area (TPSA) is 32.3 Å². The second-order valence-corrected chi connectivity index (χ2v) is 6.34. The molecule has 106 valence electrons. The number of unbranched alkanes of at least 4 members (excludes halogenated alkanes) is 1. The van der Waals surface area contributed by atoms with E-state index in [0.717, 1.165) is 37.3 Å².